The summed E-state index contributed by atoms with van der Waals surface area (Å²) < 4.78 is 53.6. The van der Waals surface area contributed by atoms with E-state index >= 15 is 0 Å². The predicted molar refractivity (Wildman–Crippen MR) is 149 cm³/mol. The maximum Gasteiger partial charge on any atom is 0.251 e. The van der Waals surface area contributed by atoms with Crippen LogP contribution in [0, 0.1) is 11.6 Å². The zero-order chi connectivity index (χ0) is 28.6. The molecule has 5 rings (SSSR count). The molecule has 4 aromatic rings. The van der Waals surface area contributed by atoms with Gasteiger partial charge in [0.1, 0.15) is 5.69 Å². The van der Waals surface area contributed by atoms with Crippen molar-refractivity contribution in [2.24, 2.45) is 7.05 Å². The summed E-state index contributed by atoms with van der Waals surface area (Å²) in [6, 6.07) is 14.3. The summed E-state index contributed by atoms with van der Waals surface area (Å²) in [4.78, 5) is 12.5. The maximum atomic E-state index is 13.9. The lowest BCUT2D eigenvalue weighted by Gasteiger charge is -2.26. The van der Waals surface area contributed by atoms with E-state index in [9.17, 15) is 27.1 Å². The highest BCUT2D eigenvalue weighted by molar-refractivity contribution is 7.90. The van der Waals surface area contributed by atoms with Gasteiger partial charge in [0.25, 0.3) is 5.91 Å². The number of carbonyl (C=O) groups is 1. The average Bonchev–Trinajstić information content (AvgIpc) is 3.25. The number of aryl methyl sites for hydroxylation is 1. The summed E-state index contributed by atoms with van der Waals surface area (Å²) >= 11 is 0. The third kappa shape index (κ3) is 5.85. The molecule has 0 atom stereocenters. The Labute approximate surface area is 230 Å². The maximum absolute atomic E-state index is 13.9. The summed E-state index contributed by atoms with van der Waals surface area (Å²) in [7, 11) is -1.95. The Kier molecular flexibility index (Phi) is 7.61. The van der Waals surface area contributed by atoms with Crippen molar-refractivity contribution in [3.8, 4) is 11.3 Å². The van der Waals surface area contributed by atoms with Gasteiger partial charge in [-0.2, -0.15) is 5.10 Å². The molecule has 1 aromatic heterocycles. The molecule has 1 aliphatic rings. The molecule has 40 heavy (non-hydrogen) atoms. The van der Waals surface area contributed by atoms with Gasteiger partial charge in [0, 0.05) is 48.1 Å². The molecule has 1 aliphatic carbocycles. The number of sulfone groups is 1. The third-order valence-electron chi connectivity index (χ3n) is 7.29. The molecule has 0 saturated heterocycles. The van der Waals surface area contributed by atoms with Crippen molar-refractivity contribution in [3.05, 3.63) is 77.4 Å². The van der Waals surface area contributed by atoms with Gasteiger partial charge in [0.05, 0.1) is 16.5 Å². The van der Waals surface area contributed by atoms with Crippen LogP contribution in [0.3, 0.4) is 0 Å². The average molecular weight is 569 g/mol. The molecule has 8 nitrogen and oxygen atoms in total. The quantitative estimate of drug-likeness (QED) is 0.282. The topological polar surface area (TPSA) is 113 Å². The minimum Gasteiger partial charge on any atom is -0.393 e. The molecule has 0 aliphatic heterocycles. The fourth-order valence-electron chi connectivity index (χ4n) is 5.11. The number of hydrogen-bond donors (Lipinski definition) is 3. The monoisotopic (exact) mass is 568 g/mol. The minimum absolute atomic E-state index is 0.0372. The summed E-state index contributed by atoms with van der Waals surface area (Å²) in [5.74, 6) is -2.50. The second kappa shape index (κ2) is 11.0. The molecule has 0 spiro atoms. The molecule has 3 N–H and O–H groups in total. The Morgan fingerprint density at radius 2 is 1.70 bits per heavy atom. The Morgan fingerprint density at radius 1 is 1.02 bits per heavy atom. The Bertz CT molecular complexity index is 1680. The summed E-state index contributed by atoms with van der Waals surface area (Å²) in [5.41, 5.74) is 3.64. The lowest BCUT2D eigenvalue weighted by Crippen LogP contribution is -2.38. The number of nitrogens with one attached hydrogen (secondary N) is 2. The number of hydrogen-bond acceptors (Lipinski definition) is 6. The molecule has 0 bridgehead atoms. The van der Waals surface area contributed by atoms with Gasteiger partial charge in [-0.15, -0.1) is 0 Å². The van der Waals surface area contributed by atoms with E-state index in [1.54, 1.807) is 22.9 Å². The SMILES string of the molecule is Cn1nc(-c2ccc(C(=O)NC3CCC(O)CC3)cc2)c2cc(NCc3cc(F)c(F)cc3S(C)(=O)=O)ccc21. The van der Waals surface area contributed by atoms with Crippen molar-refractivity contribution in [3.63, 3.8) is 0 Å². The van der Waals surface area contributed by atoms with E-state index in [2.05, 4.69) is 15.7 Å². The minimum atomic E-state index is -3.77. The Hall–Kier alpha value is -3.83. The summed E-state index contributed by atoms with van der Waals surface area (Å²) in [5, 5.41) is 21.3. The third-order valence-corrected chi connectivity index (χ3v) is 8.47. The highest BCUT2D eigenvalue weighted by Crippen LogP contribution is 2.31. The molecule has 11 heteroatoms. The first-order valence-corrected chi connectivity index (χ1v) is 14.9. The zero-order valence-electron chi connectivity index (χ0n) is 22.1. The van der Waals surface area contributed by atoms with E-state index in [4.69, 9.17) is 0 Å². The number of benzene rings is 3. The van der Waals surface area contributed by atoms with Crippen molar-refractivity contribution in [1.29, 1.82) is 0 Å². The lowest BCUT2D eigenvalue weighted by atomic mass is 9.93. The molecule has 1 fully saturated rings. The van der Waals surface area contributed by atoms with Crippen LogP contribution >= 0.6 is 0 Å². The van der Waals surface area contributed by atoms with E-state index in [1.807, 2.05) is 31.3 Å². The van der Waals surface area contributed by atoms with Crippen LogP contribution in [0.5, 0.6) is 0 Å². The van der Waals surface area contributed by atoms with Crippen molar-refractivity contribution in [2.45, 2.75) is 49.3 Å². The van der Waals surface area contributed by atoms with Gasteiger partial charge < -0.3 is 15.7 Å². The number of aliphatic hydroxyl groups excluding tert-OH is 1. The summed E-state index contributed by atoms with van der Waals surface area (Å²) in [6.07, 6.45) is 3.56. The van der Waals surface area contributed by atoms with Crippen LogP contribution in [0.15, 0.2) is 59.5 Å². The van der Waals surface area contributed by atoms with E-state index in [1.165, 1.54) is 0 Å². The number of halogens is 2. The van der Waals surface area contributed by atoms with Gasteiger partial charge in [-0.25, -0.2) is 17.2 Å². The van der Waals surface area contributed by atoms with Gasteiger partial charge in [-0.3, -0.25) is 9.48 Å². The number of anilines is 1. The normalized spacial score (nSPS) is 17.6. The van der Waals surface area contributed by atoms with Crippen molar-refractivity contribution >= 4 is 32.3 Å². The number of amides is 1. The second-order valence-electron chi connectivity index (χ2n) is 10.3. The van der Waals surface area contributed by atoms with Crippen LogP contribution in [0.25, 0.3) is 22.2 Å². The van der Waals surface area contributed by atoms with Crippen LogP contribution in [-0.2, 0) is 23.4 Å². The zero-order valence-corrected chi connectivity index (χ0v) is 22.9. The van der Waals surface area contributed by atoms with Crippen LogP contribution in [0.2, 0.25) is 0 Å². The Balaban J connectivity index is 1.36. The first-order chi connectivity index (χ1) is 19.0. The van der Waals surface area contributed by atoms with E-state index < -0.39 is 21.5 Å². The smallest absolute Gasteiger partial charge is 0.251 e. The molecule has 1 saturated carbocycles. The largest absolute Gasteiger partial charge is 0.393 e. The van der Waals surface area contributed by atoms with Crippen LogP contribution in [-0.4, -0.2) is 47.6 Å². The highest BCUT2D eigenvalue weighted by Gasteiger charge is 2.22. The molecular weight excluding hydrogens is 538 g/mol. The molecular formula is C29H30F2N4O4S. The van der Waals surface area contributed by atoms with Crippen molar-refractivity contribution in [2.75, 3.05) is 11.6 Å². The molecule has 0 radical (unpaired) electrons. The van der Waals surface area contributed by atoms with E-state index in [0.29, 0.717) is 35.9 Å². The highest BCUT2D eigenvalue weighted by atomic mass is 32.2. The Morgan fingerprint density at radius 3 is 2.38 bits per heavy atom. The second-order valence-corrected chi connectivity index (χ2v) is 12.2. The molecule has 210 valence electrons. The van der Waals surface area contributed by atoms with Crippen LogP contribution in [0.4, 0.5) is 14.5 Å². The number of rotatable bonds is 7. The standard InChI is InChI=1S/C29H30F2N4O4S/c1-35-26-12-9-21(32-16-19-13-24(30)25(31)15-27(19)40(2,38)39)14-23(26)28(34-35)17-3-5-18(6-4-17)29(37)33-20-7-10-22(36)11-8-20/h3-6,9,12-15,20,22,32,36H,7-8,10-11,16H2,1-2H3,(H,33,37). The molecule has 1 heterocycles. The lowest BCUT2D eigenvalue weighted by molar-refractivity contribution is 0.0867. The number of nitrogens with zero attached hydrogens (tertiary/aromatic N) is 2. The number of aromatic nitrogens is 2. The van der Waals surface area contributed by atoms with Crippen molar-refractivity contribution in [1.82, 2.24) is 15.1 Å². The number of fused-ring (bicyclic) bond motifs is 1. The molecule has 1 amide bonds. The first kappa shape index (κ1) is 27.7. The fraction of sp³-hybridized carbons (Fsp3) is 0.310. The number of carbonyl (C=O) groups excluding carboxylic acids is 1. The van der Waals surface area contributed by atoms with Gasteiger partial charge in [-0.05, 0) is 73.7 Å². The van der Waals surface area contributed by atoms with Crippen molar-refractivity contribution < 1.29 is 27.1 Å². The van der Waals surface area contributed by atoms with Gasteiger partial charge >= 0.3 is 0 Å². The molecule has 3 aromatic carbocycles. The predicted octanol–water partition coefficient (Wildman–Crippen LogP) is 4.57. The van der Waals surface area contributed by atoms with Crippen LogP contribution < -0.4 is 10.6 Å². The van der Waals surface area contributed by atoms with E-state index in [-0.39, 0.29) is 35.1 Å². The molecule has 0 unspecified atom stereocenters. The number of aliphatic hydroxyl groups is 1. The first-order valence-electron chi connectivity index (χ1n) is 13.0. The van der Waals surface area contributed by atoms with Gasteiger partial charge in [-0.1, -0.05) is 12.1 Å². The fourth-order valence-corrected chi connectivity index (χ4v) is 6.03. The van der Waals surface area contributed by atoms with E-state index in [0.717, 1.165) is 41.6 Å². The van der Waals surface area contributed by atoms with Gasteiger partial charge in [0.15, 0.2) is 21.5 Å². The summed E-state index contributed by atoms with van der Waals surface area (Å²) in [6.45, 7) is -0.0372. The van der Waals surface area contributed by atoms with Crippen LogP contribution in [0.1, 0.15) is 41.6 Å². The van der Waals surface area contributed by atoms with Gasteiger partial charge in [0.2, 0.25) is 0 Å².